The maximum atomic E-state index is 12.9. The molecular weight excluding hydrogens is 410 g/mol. The van der Waals surface area contributed by atoms with Gasteiger partial charge in [-0.15, -0.1) is 0 Å². The molecule has 1 aromatic heterocycles. The van der Waals surface area contributed by atoms with E-state index in [1.807, 2.05) is 67.6 Å². The Morgan fingerprint density at radius 3 is 2.55 bits per heavy atom. The molecule has 3 aromatic carbocycles. The smallest absolute Gasteiger partial charge is 0.282 e. The Bertz CT molecular complexity index is 1310. The van der Waals surface area contributed by atoms with Gasteiger partial charge in [0.2, 0.25) is 0 Å². The van der Waals surface area contributed by atoms with E-state index in [-0.39, 0.29) is 5.56 Å². The largest absolute Gasteiger partial charge is 0.457 e. The number of aromatic nitrogens is 2. The number of para-hydroxylation sites is 1. The van der Waals surface area contributed by atoms with E-state index in [0.717, 1.165) is 23.3 Å². The number of nitrogens with zero attached hydrogens (tertiary/aromatic N) is 3. The van der Waals surface area contributed by atoms with Crippen molar-refractivity contribution in [3.05, 3.63) is 99.1 Å². The lowest BCUT2D eigenvalue weighted by Crippen LogP contribution is -2.22. The predicted octanol–water partition coefficient (Wildman–Crippen LogP) is 5.99. The third-order valence-electron chi connectivity index (χ3n) is 4.86. The molecule has 0 aliphatic carbocycles. The number of halogens is 1. The molecule has 0 amide bonds. The molecule has 0 atom stereocenters. The van der Waals surface area contributed by atoms with Gasteiger partial charge in [0.25, 0.3) is 5.56 Å². The number of hydrogen-bond acceptors (Lipinski definition) is 4. The van der Waals surface area contributed by atoms with Gasteiger partial charge in [-0.1, -0.05) is 30.7 Å². The van der Waals surface area contributed by atoms with Gasteiger partial charge < -0.3 is 4.74 Å². The van der Waals surface area contributed by atoms with E-state index in [9.17, 15) is 4.79 Å². The minimum absolute atomic E-state index is 0.164. The summed E-state index contributed by atoms with van der Waals surface area (Å²) in [4.78, 5) is 17.6. The molecule has 0 spiro atoms. The zero-order chi connectivity index (χ0) is 21.8. The van der Waals surface area contributed by atoms with Crippen LogP contribution in [0.1, 0.15) is 30.3 Å². The summed E-state index contributed by atoms with van der Waals surface area (Å²) < 4.78 is 7.28. The molecule has 31 heavy (non-hydrogen) atoms. The summed E-state index contributed by atoms with van der Waals surface area (Å²) in [5.41, 5.74) is 2.34. The highest BCUT2D eigenvalue weighted by molar-refractivity contribution is 6.31. The lowest BCUT2D eigenvalue weighted by Gasteiger charge is -2.09. The summed E-state index contributed by atoms with van der Waals surface area (Å²) in [5.74, 6) is 2.08. The maximum Gasteiger partial charge on any atom is 0.282 e. The second-order valence-electron chi connectivity index (χ2n) is 7.24. The van der Waals surface area contributed by atoms with Crippen LogP contribution in [0.25, 0.3) is 10.9 Å². The molecule has 0 saturated carbocycles. The van der Waals surface area contributed by atoms with Gasteiger partial charge in [-0.05, 0) is 79.1 Å². The molecule has 0 saturated heterocycles. The topological polar surface area (TPSA) is 56.5 Å². The van der Waals surface area contributed by atoms with E-state index in [1.54, 1.807) is 12.3 Å². The highest BCUT2D eigenvalue weighted by Crippen LogP contribution is 2.26. The van der Waals surface area contributed by atoms with Crippen molar-refractivity contribution in [2.75, 3.05) is 0 Å². The van der Waals surface area contributed by atoms with Crippen LogP contribution in [0.3, 0.4) is 0 Å². The van der Waals surface area contributed by atoms with Crippen LogP contribution in [-0.4, -0.2) is 15.9 Å². The van der Waals surface area contributed by atoms with Gasteiger partial charge in [0, 0.05) is 11.4 Å². The monoisotopic (exact) mass is 431 g/mol. The maximum absolute atomic E-state index is 12.9. The van der Waals surface area contributed by atoms with Crippen LogP contribution in [-0.2, 0) is 6.42 Å². The van der Waals surface area contributed by atoms with Crippen LogP contribution in [0.5, 0.6) is 11.5 Å². The Labute approximate surface area is 185 Å². The first-order chi connectivity index (χ1) is 15.0. The predicted molar refractivity (Wildman–Crippen MR) is 126 cm³/mol. The van der Waals surface area contributed by atoms with Crippen LogP contribution < -0.4 is 10.3 Å². The zero-order valence-corrected chi connectivity index (χ0v) is 18.1. The van der Waals surface area contributed by atoms with Crippen molar-refractivity contribution in [1.29, 1.82) is 0 Å². The zero-order valence-electron chi connectivity index (χ0n) is 17.4. The van der Waals surface area contributed by atoms with Gasteiger partial charge in [0.1, 0.15) is 17.3 Å². The van der Waals surface area contributed by atoms with Gasteiger partial charge >= 0.3 is 0 Å². The number of rotatable bonds is 6. The van der Waals surface area contributed by atoms with Crippen molar-refractivity contribution in [2.45, 2.75) is 26.7 Å². The molecule has 4 rings (SSSR count). The summed E-state index contributed by atoms with van der Waals surface area (Å²) in [7, 11) is 0. The van der Waals surface area contributed by atoms with Crippen molar-refractivity contribution in [3.63, 3.8) is 0 Å². The molecule has 0 N–H and O–H groups in total. The Balaban J connectivity index is 1.59. The quantitative estimate of drug-likeness (QED) is 0.352. The first kappa shape index (κ1) is 20.8. The molecule has 0 aliphatic heterocycles. The summed E-state index contributed by atoms with van der Waals surface area (Å²) in [5, 5.41) is 5.71. The van der Waals surface area contributed by atoms with Gasteiger partial charge in [-0.2, -0.15) is 9.78 Å². The van der Waals surface area contributed by atoms with Crippen molar-refractivity contribution < 1.29 is 4.74 Å². The van der Waals surface area contributed by atoms with Gasteiger partial charge in [0.05, 0.1) is 17.1 Å². The van der Waals surface area contributed by atoms with E-state index in [1.165, 1.54) is 4.68 Å². The average molecular weight is 432 g/mol. The van der Waals surface area contributed by atoms with Crippen LogP contribution in [0.4, 0.5) is 0 Å². The molecule has 0 bridgehead atoms. The van der Waals surface area contributed by atoms with Crippen LogP contribution >= 0.6 is 11.6 Å². The van der Waals surface area contributed by atoms with E-state index in [2.05, 4.69) is 17.0 Å². The summed E-state index contributed by atoms with van der Waals surface area (Å²) in [6.07, 6.45) is 3.20. The standard InChI is InChI=1S/C25H22ClN3O2/c1-3-6-24-28-23-8-5-4-7-21(23)25(30)29(24)27-16-18-9-11-19(12-10-18)31-20-13-14-22(26)17(2)15-20/h4-5,7-16H,3,6H2,1-2H3/b27-16+. The summed E-state index contributed by atoms with van der Waals surface area (Å²) >= 11 is 6.07. The fraction of sp³-hybridized carbons (Fsp3) is 0.160. The molecular formula is C25H22ClN3O2. The van der Waals surface area contributed by atoms with E-state index in [4.69, 9.17) is 16.3 Å². The third-order valence-corrected chi connectivity index (χ3v) is 5.29. The van der Waals surface area contributed by atoms with Crippen molar-refractivity contribution in [3.8, 4) is 11.5 Å². The number of hydrogen-bond donors (Lipinski definition) is 0. The second-order valence-corrected chi connectivity index (χ2v) is 7.65. The van der Waals surface area contributed by atoms with Crippen LogP contribution in [0, 0.1) is 6.92 Å². The Kier molecular flexibility index (Phi) is 6.14. The third kappa shape index (κ3) is 4.67. The normalized spacial score (nSPS) is 11.3. The SMILES string of the molecule is CCCc1nc2ccccc2c(=O)n1/N=C/c1ccc(Oc2ccc(Cl)c(C)c2)cc1. The fourth-order valence-corrected chi connectivity index (χ4v) is 3.35. The lowest BCUT2D eigenvalue weighted by molar-refractivity contribution is 0.482. The van der Waals surface area contributed by atoms with Crippen molar-refractivity contribution in [1.82, 2.24) is 9.66 Å². The minimum atomic E-state index is -0.164. The van der Waals surface area contributed by atoms with Crippen molar-refractivity contribution in [2.24, 2.45) is 5.10 Å². The lowest BCUT2D eigenvalue weighted by atomic mass is 10.2. The summed E-state index contributed by atoms with van der Waals surface area (Å²) in [6, 6.07) is 20.4. The molecule has 0 unspecified atom stereocenters. The Morgan fingerprint density at radius 2 is 1.81 bits per heavy atom. The molecule has 156 valence electrons. The molecule has 6 heteroatoms. The van der Waals surface area contributed by atoms with E-state index < -0.39 is 0 Å². The van der Waals surface area contributed by atoms with Crippen LogP contribution in [0.15, 0.2) is 76.6 Å². The molecule has 5 nitrogen and oxygen atoms in total. The first-order valence-corrected chi connectivity index (χ1v) is 10.5. The van der Waals surface area contributed by atoms with Gasteiger partial charge in [-0.25, -0.2) is 4.98 Å². The van der Waals surface area contributed by atoms with Crippen LogP contribution in [0.2, 0.25) is 5.02 Å². The molecule has 0 fully saturated rings. The number of benzene rings is 3. The number of fused-ring (bicyclic) bond motifs is 1. The summed E-state index contributed by atoms with van der Waals surface area (Å²) in [6.45, 7) is 3.99. The highest BCUT2D eigenvalue weighted by atomic mass is 35.5. The van der Waals surface area contributed by atoms with E-state index in [0.29, 0.717) is 33.9 Å². The van der Waals surface area contributed by atoms with Crippen molar-refractivity contribution >= 4 is 28.7 Å². The fourth-order valence-electron chi connectivity index (χ4n) is 3.24. The molecule has 0 radical (unpaired) electrons. The minimum Gasteiger partial charge on any atom is -0.457 e. The molecule has 1 heterocycles. The first-order valence-electron chi connectivity index (χ1n) is 10.1. The van der Waals surface area contributed by atoms with E-state index >= 15 is 0 Å². The molecule has 4 aromatic rings. The van der Waals surface area contributed by atoms with Gasteiger partial charge in [-0.3, -0.25) is 4.79 Å². The second kappa shape index (κ2) is 9.14. The Hall–Kier alpha value is -3.44. The average Bonchev–Trinajstić information content (AvgIpc) is 2.77. The number of aryl methyl sites for hydroxylation is 2. The Morgan fingerprint density at radius 1 is 1.06 bits per heavy atom. The number of ether oxygens (including phenoxy) is 1. The van der Waals surface area contributed by atoms with Gasteiger partial charge in [0.15, 0.2) is 0 Å². The highest BCUT2D eigenvalue weighted by Gasteiger charge is 2.09. The molecule has 0 aliphatic rings.